The summed E-state index contributed by atoms with van der Waals surface area (Å²) in [5, 5.41) is 12.1. The molecule has 0 aromatic heterocycles. The lowest BCUT2D eigenvalue weighted by Crippen LogP contribution is -2.61. The first-order chi connectivity index (χ1) is 8.24. The maximum absolute atomic E-state index is 11.4. The number of carbonyl (C=O) groups is 2. The van der Waals surface area contributed by atoms with Crippen LogP contribution in [0.4, 0.5) is 4.79 Å². The van der Waals surface area contributed by atoms with Gasteiger partial charge in [-0.15, -0.1) is 11.6 Å². The van der Waals surface area contributed by atoms with Crippen LogP contribution in [0, 0.1) is 5.41 Å². The predicted molar refractivity (Wildman–Crippen MR) is 69.9 cm³/mol. The second-order valence-corrected chi connectivity index (χ2v) is 6.00. The van der Waals surface area contributed by atoms with Gasteiger partial charge in [0.25, 0.3) is 0 Å². The van der Waals surface area contributed by atoms with Crippen LogP contribution < -0.4 is 5.32 Å². The molecule has 18 heavy (non-hydrogen) atoms. The molecule has 0 unspecified atom stereocenters. The lowest BCUT2D eigenvalue weighted by Gasteiger charge is -2.47. The highest BCUT2D eigenvalue weighted by Crippen LogP contribution is 2.43. The van der Waals surface area contributed by atoms with E-state index in [4.69, 9.17) is 11.6 Å². The van der Waals surface area contributed by atoms with Gasteiger partial charge in [0.2, 0.25) is 5.91 Å². The summed E-state index contributed by atoms with van der Waals surface area (Å²) in [4.78, 5) is 24.1. The maximum atomic E-state index is 11.4. The van der Waals surface area contributed by atoms with Crippen LogP contribution in [0.5, 0.6) is 0 Å². The van der Waals surface area contributed by atoms with Crippen molar-refractivity contribution >= 4 is 23.6 Å². The zero-order chi connectivity index (χ0) is 14.0. The van der Waals surface area contributed by atoms with Gasteiger partial charge in [0.15, 0.2) is 0 Å². The molecule has 5 nitrogen and oxygen atoms in total. The Morgan fingerprint density at radius 2 is 2.06 bits per heavy atom. The molecule has 0 bridgehead atoms. The smallest absolute Gasteiger partial charge is 0.407 e. The summed E-state index contributed by atoms with van der Waals surface area (Å²) in [5.41, 5.74) is -0.804. The van der Waals surface area contributed by atoms with Gasteiger partial charge in [-0.05, 0) is 18.3 Å². The number of carbonyl (C=O) groups excluding carboxylic acids is 1. The van der Waals surface area contributed by atoms with Crippen molar-refractivity contribution in [1.29, 1.82) is 0 Å². The number of alkyl halides is 1. The third-order valence-corrected chi connectivity index (χ3v) is 4.06. The van der Waals surface area contributed by atoms with Crippen molar-refractivity contribution in [2.45, 2.75) is 39.2 Å². The number of rotatable bonds is 3. The third kappa shape index (κ3) is 2.71. The van der Waals surface area contributed by atoms with Gasteiger partial charge >= 0.3 is 6.09 Å². The Hall–Kier alpha value is -0.970. The number of carboxylic acid groups (broad SMARTS) is 1. The van der Waals surface area contributed by atoms with Crippen molar-refractivity contribution in [2.75, 3.05) is 19.0 Å². The summed E-state index contributed by atoms with van der Waals surface area (Å²) in [7, 11) is 0. The normalized spacial score (nSPS) is 24.1. The van der Waals surface area contributed by atoms with Gasteiger partial charge in [-0.25, -0.2) is 4.79 Å². The van der Waals surface area contributed by atoms with Gasteiger partial charge < -0.3 is 15.3 Å². The van der Waals surface area contributed by atoms with Crippen LogP contribution in [-0.4, -0.2) is 46.5 Å². The molecule has 1 aliphatic rings. The molecule has 0 spiro atoms. The van der Waals surface area contributed by atoms with Crippen LogP contribution in [0.1, 0.15) is 33.6 Å². The van der Waals surface area contributed by atoms with E-state index >= 15 is 0 Å². The van der Waals surface area contributed by atoms with E-state index in [2.05, 4.69) is 5.32 Å². The van der Waals surface area contributed by atoms with Crippen molar-refractivity contribution in [1.82, 2.24) is 10.2 Å². The molecule has 1 fully saturated rings. The van der Waals surface area contributed by atoms with E-state index < -0.39 is 11.6 Å². The largest absolute Gasteiger partial charge is 0.465 e. The summed E-state index contributed by atoms with van der Waals surface area (Å²) in [5.74, 6) is -0.370. The number of halogens is 1. The van der Waals surface area contributed by atoms with E-state index in [9.17, 15) is 14.7 Å². The molecule has 6 heteroatoms. The van der Waals surface area contributed by atoms with E-state index in [1.54, 1.807) is 0 Å². The first-order valence-electron chi connectivity index (χ1n) is 6.08. The van der Waals surface area contributed by atoms with Gasteiger partial charge in [0.05, 0.1) is 5.54 Å². The van der Waals surface area contributed by atoms with Gasteiger partial charge in [-0.3, -0.25) is 4.79 Å². The van der Waals surface area contributed by atoms with E-state index in [1.807, 2.05) is 20.8 Å². The molecule has 104 valence electrons. The van der Waals surface area contributed by atoms with Crippen LogP contribution in [-0.2, 0) is 4.79 Å². The average molecular weight is 277 g/mol. The summed E-state index contributed by atoms with van der Waals surface area (Å²) in [6.45, 7) is 6.83. The standard InChI is InChI=1S/C12H21ClN2O3/c1-11(2,3)12(8-14-9(16)7-13)5-4-6-15(12)10(17)18/h4-8H2,1-3H3,(H,14,16)(H,17,18)/t12-/m1/s1. The minimum absolute atomic E-state index is 0.104. The zero-order valence-corrected chi connectivity index (χ0v) is 11.9. The molecule has 0 saturated carbocycles. The van der Waals surface area contributed by atoms with E-state index in [0.717, 1.165) is 12.8 Å². The van der Waals surface area contributed by atoms with E-state index in [1.165, 1.54) is 4.90 Å². The molecule has 0 aromatic rings. The Labute approximate surface area is 112 Å². The number of nitrogens with zero attached hydrogens (tertiary/aromatic N) is 1. The lowest BCUT2D eigenvalue weighted by molar-refractivity contribution is -0.119. The van der Waals surface area contributed by atoms with Gasteiger partial charge in [0, 0.05) is 13.1 Å². The van der Waals surface area contributed by atoms with Crippen LogP contribution in [0.25, 0.3) is 0 Å². The SMILES string of the molecule is CC(C)(C)[C@]1(CNC(=O)CCl)CCCN1C(=O)O. The minimum Gasteiger partial charge on any atom is -0.465 e. The zero-order valence-electron chi connectivity index (χ0n) is 11.1. The van der Waals surface area contributed by atoms with Crippen LogP contribution in [0.3, 0.4) is 0 Å². The Balaban J connectivity index is 2.96. The highest BCUT2D eigenvalue weighted by Gasteiger charge is 2.51. The molecule has 0 aliphatic carbocycles. The average Bonchev–Trinajstić information content (AvgIpc) is 2.70. The molecule has 2 N–H and O–H groups in total. The minimum atomic E-state index is -0.928. The summed E-state index contributed by atoms with van der Waals surface area (Å²) in [6.07, 6.45) is 0.647. The quantitative estimate of drug-likeness (QED) is 0.774. The number of nitrogens with one attached hydrogen (secondary N) is 1. The summed E-state index contributed by atoms with van der Waals surface area (Å²) < 4.78 is 0. The van der Waals surface area contributed by atoms with E-state index in [0.29, 0.717) is 13.1 Å². The van der Waals surface area contributed by atoms with Crippen molar-refractivity contribution in [2.24, 2.45) is 5.41 Å². The molecule has 1 aliphatic heterocycles. The summed E-state index contributed by atoms with van der Waals surface area (Å²) in [6, 6.07) is 0. The lowest BCUT2D eigenvalue weighted by atomic mass is 9.71. The number of amides is 2. The fourth-order valence-electron chi connectivity index (χ4n) is 2.68. The molecule has 0 radical (unpaired) electrons. The fourth-order valence-corrected chi connectivity index (χ4v) is 2.77. The van der Waals surface area contributed by atoms with Gasteiger partial charge in [-0.1, -0.05) is 20.8 Å². The van der Waals surface area contributed by atoms with Crippen molar-refractivity contribution in [3.63, 3.8) is 0 Å². The highest BCUT2D eigenvalue weighted by atomic mass is 35.5. The predicted octanol–water partition coefficient (Wildman–Crippen LogP) is 1.90. The number of hydrogen-bond acceptors (Lipinski definition) is 2. The highest BCUT2D eigenvalue weighted by molar-refractivity contribution is 6.27. The number of likely N-dealkylation sites (tertiary alicyclic amines) is 1. The van der Waals surface area contributed by atoms with Crippen molar-refractivity contribution < 1.29 is 14.7 Å². The fraction of sp³-hybridized carbons (Fsp3) is 0.833. The second-order valence-electron chi connectivity index (χ2n) is 5.73. The van der Waals surface area contributed by atoms with Crippen LogP contribution in [0.15, 0.2) is 0 Å². The Bertz CT molecular complexity index is 341. The molecule has 1 saturated heterocycles. The van der Waals surface area contributed by atoms with E-state index in [-0.39, 0.29) is 17.2 Å². The monoisotopic (exact) mass is 276 g/mol. The Morgan fingerprint density at radius 3 is 2.50 bits per heavy atom. The topological polar surface area (TPSA) is 69.6 Å². The molecule has 0 aromatic carbocycles. The first kappa shape index (κ1) is 15.1. The van der Waals surface area contributed by atoms with Crippen LogP contribution in [0.2, 0.25) is 0 Å². The van der Waals surface area contributed by atoms with Crippen LogP contribution >= 0.6 is 11.6 Å². The first-order valence-corrected chi connectivity index (χ1v) is 6.61. The molecule has 1 rings (SSSR count). The second kappa shape index (κ2) is 5.34. The molecular weight excluding hydrogens is 256 g/mol. The van der Waals surface area contributed by atoms with Crippen molar-refractivity contribution in [3.8, 4) is 0 Å². The van der Waals surface area contributed by atoms with Gasteiger partial charge in [-0.2, -0.15) is 0 Å². The number of hydrogen-bond donors (Lipinski definition) is 2. The maximum Gasteiger partial charge on any atom is 0.407 e. The Kier molecular flexibility index (Phi) is 4.48. The Morgan fingerprint density at radius 1 is 1.44 bits per heavy atom. The van der Waals surface area contributed by atoms with Gasteiger partial charge in [0.1, 0.15) is 5.88 Å². The molecule has 1 heterocycles. The molecular formula is C12H21ClN2O3. The molecule has 2 amide bonds. The summed E-state index contributed by atoms with van der Waals surface area (Å²) >= 11 is 5.45. The molecule has 1 atom stereocenters. The van der Waals surface area contributed by atoms with Crippen molar-refractivity contribution in [3.05, 3.63) is 0 Å². The third-order valence-electron chi connectivity index (χ3n) is 3.82.